The van der Waals surface area contributed by atoms with Crippen LogP contribution in [0.2, 0.25) is 0 Å². The van der Waals surface area contributed by atoms with Crippen LogP contribution >= 0.6 is 24.0 Å². The van der Waals surface area contributed by atoms with Crippen LogP contribution < -0.4 is 15.8 Å². The molecule has 0 atom stereocenters. The van der Waals surface area contributed by atoms with Crippen LogP contribution in [0.4, 0.5) is 5.69 Å². The van der Waals surface area contributed by atoms with E-state index >= 15 is 0 Å². The molecule has 0 bridgehead atoms. The van der Waals surface area contributed by atoms with Gasteiger partial charge in [0.05, 0.1) is 7.11 Å². The normalized spacial score (nSPS) is 21.8. The van der Waals surface area contributed by atoms with Crippen molar-refractivity contribution in [1.82, 2.24) is 0 Å². The third kappa shape index (κ3) is 6.02. The maximum Gasteiger partial charge on any atom is 0.193 e. The Morgan fingerprint density at radius 3 is 2.32 bits per heavy atom. The van der Waals surface area contributed by atoms with Gasteiger partial charge in [-0.1, -0.05) is 26.2 Å². The molecule has 5 heteroatoms. The van der Waals surface area contributed by atoms with Gasteiger partial charge in [0.15, 0.2) is 5.96 Å². The van der Waals surface area contributed by atoms with E-state index in [2.05, 4.69) is 17.2 Å². The van der Waals surface area contributed by atoms with Crippen molar-refractivity contribution in [1.29, 1.82) is 0 Å². The largest absolute Gasteiger partial charge is 0.497 e. The molecule has 0 aromatic heterocycles. The predicted octanol–water partition coefficient (Wildman–Crippen LogP) is 4.26. The van der Waals surface area contributed by atoms with Crippen LogP contribution in [-0.4, -0.2) is 19.6 Å². The summed E-state index contributed by atoms with van der Waals surface area (Å²) in [7, 11) is 1.66. The van der Waals surface area contributed by atoms with Crippen LogP contribution in [0.3, 0.4) is 0 Å². The Morgan fingerprint density at radius 1 is 1.18 bits per heavy atom. The summed E-state index contributed by atoms with van der Waals surface area (Å²) < 4.78 is 5.13. The topological polar surface area (TPSA) is 59.6 Å². The summed E-state index contributed by atoms with van der Waals surface area (Å²) in [5.74, 6) is 2.96. The van der Waals surface area contributed by atoms with Gasteiger partial charge in [0.25, 0.3) is 0 Å². The number of methoxy groups -OCH3 is 1. The van der Waals surface area contributed by atoms with Gasteiger partial charge >= 0.3 is 0 Å². The Morgan fingerprint density at radius 2 is 1.77 bits per heavy atom. The number of guanidine groups is 1. The first-order chi connectivity index (χ1) is 10.2. The van der Waals surface area contributed by atoms with E-state index in [0.29, 0.717) is 11.9 Å². The van der Waals surface area contributed by atoms with E-state index in [-0.39, 0.29) is 24.0 Å². The summed E-state index contributed by atoms with van der Waals surface area (Å²) in [6, 6.07) is 7.69. The van der Waals surface area contributed by atoms with Crippen molar-refractivity contribution in [2.75, 3.05) is 19.0 Å². The molecule has 4 nitrogen and oxygen atoms in total. The molecule has 0 heterocycles. The van der Waals surface area contributed by atoms with E-state index in [4.69, 9.17) is 10.5 Å². The highest BCUT2D eigenvalue weighted by Crippen LogP contribution is 2.30. The summed E-state index contributed by atoms with van der Waals surface area (Å²) >= 11 is 0. The second-order valence-electron chi connectivity index (χ2n) is 5.87. The quantitative estimate of drug-likeness (QED) is 0.428. The van der Waals surface area contributed by atoms with Gasteiger partial charge in [0.2, 0.25) is 0 Å². The highest BCUT2D eigenvalue weighted by atomic mass is 127. The fourth-order valence-corrected chi connectivity index (χ4v) is 2.91. The fraction of sp³-hybridized carbons (Fsp3) is 0.588. The molecular formula is C17H28IN3O. The van der Waals surface area contributed by atoms with Gasteiger partial charge < -0.3 is 15.8 Å². The number of rotatable bonds is 5. The molecule has 1 saturated carbocycles. The van der Waals surface area contributed by atoms with Crippen molar-refractivity contribution in [3.05, 3.63) is 24.3 Å². The highest BCUT2D eigenvalue weighted by molar-refractivity contribution is 14.0. The molecule has 0 radical (unpaired) electrons. The Bertz CT molecular complexity index is 453. The minimum Gasteiger partial charge on any atom is -0.497 e. The van der Waals surface area contributed by atoms with Crippen LogP contribution in [0.25, 0.3) is 0 Å². The van der Waals surface area contributed by atoms with E-state index in [1.165, 1.54) is 32.1 Å². The molecule has 0 amide bonds. The van der Waals surface area contributed by atoms with Crippen LogP contribution in [0.1, 0.15) is 39.0 Å². The van der Waals surface area contributed by atoms with Crippen LogP contribution in [0, 0.1) is 11.8 Å². The summed E-state index contributed by atoms with van der Waals surface area (Å²) in [5, 5.41) is 3.12. The molecule has 2 rings (SSSR count). The molecule has 0 unspecified atom stereocenters. The monoisotopic (exact) mass is 417 g/mol. The van der Waals surface area contributed by atoms with Crippen molar-refractivity contribution in [3.63, 3.8) is 0 Å². The first kappa shape index (κ1) is 19.1. The molecule has 0 spiro atoms. The Balaban J connectivity index is 0.00000242. The molecule has 0 aliphatic heterocycles. The third-order valence-electron chi connectivity index (χ3n) is 4.43. The number of anilines is 1. The van der Waals surface area contributed by atoms with Gasteiger partial charge in [-0.25, -0.2) is 0 Å². The van der Waals surface area contributed by atoms with Gasteiger partial charge in [-0.05, 0) is 48.9 Å². The Kier molecular flexibility index (Phi) is 8.60. The van der Waals surface area contributed by atoms with Gasteiger partial charge in [0.1, 0.15) is 5.75 Å². The second-order valence-corrected chi connectivity index (χ2v) is 5.87. The van der Waals surface area contributed by atoms with E-state index in [9.17, 15) is 0 Å². The van der Waals surface area contributed by atoms with Gasteiger partial charge in [-0.15, -0.1) is 24.0 Å². The van der Waals surface area contributed by atoms with Gasteiger partial charge in [0, 0.05) is 12.2 Å². The van der Waals surface area contributed by atoms with Crippen molar-refractivity contribution in [2.45, 2.75) is 39.0 Å². The molecule has 124 valence electrons. The average molecular weight is 417 g/mol. The van der Waals surface area contributed by atoms with E-state index in [1.807, 2.05) is 24.3 Å². The number of hydrogen-bond donors (Lipinski definition) is 2. The lowest BCUT2D eigenvalue weighted by atomic mass is 9.81. The van der Waals surface area contributed by atoms with E-state index in [0.717, 1.165) is 23.9 Å². The summed E-state index contributed by atoms with van der Waals surface area (Å²) in [6.45, 7) is 3.13. The SMILES string of the molecule is CCC1CCC(CN=C(N)Nc2ccc(OC)cc2)CC1.I. The molecule has 22 heavy (non-hydrogen) atoms. The molecular weight excluding hydrogens is 389 g/mol. The number of aliphatic imine (C=N–C) groups is 1. The first-order valence-corrected chi connectivity index (χ1v) is 7.92. The van der Waals surface area contributed by atoms with E-state index in [1.54, 1.807) is 7.11 Å². The third-order valence-corrected chi connectivity index (χ3v) is 4.43. The second kappa shape index (κ2) is 9.92. The number of benzene rings is 1. The fourth-order valence-electron chi connectivity index (χ4n) is 2.91. The van der Waals surface area contributed by atoms with Gasteiger partial charge in [-0.3, -0.25) is 4.99 Å². The number of ether oxygens (including phenoxy) is 1. The Hall–Kier alpha value is -0.980. The standard InChI is InChI=1S/C17H27N3O.HI/c1-3-13-4-6-14(7-5-13)12-19-17(18)20-15-8-10-16(21-2)11-9-15;/h8-11,13-14H,3-7,12H2,1-2H3,(H3,18,19,20);1H. The molecule has 3 N–H and O–H groups in total. The maximum absolute atomic E-state index is 5.95. The van der Waals surface area contributed by atoms with Crippen molar-refractivity contribution >= 4 is 35.6 Å². The average Bonchev–Trinajstić information content (AvgIpc) is 2.54. The maximum atomic E-state index is 5.95. The number of halogens is 1. The zero-order valence-corrected chi connectivity index (χ0v) is 15.9. The zero-order chi connectivity index (χ0) is 15.1. The number of nitrogens with two attached hydrogens (primary N) is 1. The lowest BCUT2D eigenvalue weighted by Crippen LogP contribution is -2.24. The number of nitrogens with one attached hydrogen (secondary N) is 1. The molecule has 0 saturated heterocycles. The molecule has 1 aromatic rings. The minimum atomic E-state index is 0. The predicted molar refractivity (Wildman–Crippen MR) is 104 cm³/mol. The smallest absolute Gasteiger partial charge is 0.193 e. The molecule has 1 fully saturated rings. The lowest BCUT2D eigenvalue weighted by molar-refractivity contribution is 0.274. The van der Waals surface area contributed by atoms with Crippen molar-refractivity contribution in [3.8, 4) is 5.75 Å². The van der Waals surface area contributed by atoms with Crippen molar-refractivity contribution in [2.24, 2.45) is 22.6 Å². The van der Waals surface area contributed by atoms with Crippen LogP contribution in [-0.2, 0) is 0 Å². The molecule has 1 aromatic carbocycles. The molecule has 1 aliphatic carbocycles. The number of nitrogens with zero attached hydrogens (tertiary/aromatic N) is 1. The van der Waals surface area contributed by atoms with Crippen LogP contribution in [0.5, 0.6) is 5.75 Å². The highest BCUT2D eigenvalue weighted by Gasteiger charge is 2.19. The minimum absolute atomic E-state index is 0. The van der Waals surface area contributed by atoms with Crippen LogP contribution in [0.15, 0.2) is 29.3 Å². The Labute approximate surface area is 150 Å². The van der Waals surface area contributed by atoms with Gasteiger partial charge in [-0.2, -0.15) is 0 Å². The molecule has 1 aliphatic rings. The van der Waals surface area contributed by atoms with E-state index < -0.39 is 0 Å². The zero-order valence-electron chi connectivity index (χ0n) is 13.5. The lowest BCUT2D eigenvalue weighted by Gasteiger charge is -2.26. The number of hydrogen-bond acceptors (Lipinski definition) is 2. The van der Waals surface area contributed by atoms with Crippen molar-refractivity contribution < 1.29 is 4.74 Å². The summed E-state index contributed by atoms with van der Waals surface area (Å²) in [6.07, 6.45) is 6.60. The summed E-state index contributed by atoms with van der Waals surface area (Å²) in [4.78, 5) is 4.49. The summed E-state index contributed by atoms with van der Waals surface area (Å²) in [5.41, 5.74) is 6.89. The first-order valence-electron chi connectivity index (χ1n) is 7.92.